The third kappa shape index (κ3) is 1.11. The Morgan fingerprint density at radius 1 is 1.25 bits per heavy atom. The van der Waals surface area contributed by atoms with Crippen molar-refractivity contribution >= 4 is 21.8 Å². The van der Waals surface area contributed by atoms with Crippen LogP contribution in [-0.2, 0) is 6.54 Å². The maximum atomic E-state index is 9.90. The van der Waals surface area contributed by atoms with E-state index in [-0.39, 0.29) is 0 Å². The summed E-state index contributed by atoms with van der Waals surface area (Å²) in [7, 11) is 0. The van der Waals surface area contributed by atoms with E-state index in [1.807, 2.05) is 30.6 Å². The van der Waals surface area contributed by atoms with E-state index < -0.39 is 0 Å². The zero-order chi connectivity index (χ0) is 11.1. The maximum absolute atomic E-state index is 9.90. The molecule has 0 fully saturated rings. The predicted molar refractivity (Wildman–Crippen MR) is 64.6 cm³/mol. The number of hydrogen-bond acceptors (Lipinski definition) is 2. The summed E-state index contributed by atoms with van der Waals surface area (Å²) in [5.41, 5.74) is 1.94. The van der Waals surface area contributed by atoms with Crippen LogP contribution < -0.4 is 0 Å². The van der Waals surface area contributed by atoms with Gasteiger partial charge < -0.3 is 9.67 Å². The van der Waals surface area contributed by atoms with Gasteiger partial charge in [-0.15, -0.1) is 0 Å². The average Bonchev–Trinajstić information content (AvgIpc) is 2.72. The molecule has 0 saturated heterocycles. The molecule has 80 valence electrons. The second-order valence-electron chi connectivity index (χ2n) is 3.84. The van der Waals surface area contributed by atoms with Crippen molar-refractivity contribution in [1.82, 2.24) is 9.55 Å². The van der Waals surface area contributed by atoms with Crippen LogP contribution in [-0.4, -0.2) is 14.7 Å². The van der Waals surface area contributed by atoms with E-state index in [1.54, 1.807) is 6.07 Å². The van der Waals surface area contributed by atoms with Gasteiger partial charge in [-0.05, 0) is 6.92 Å². The third-order valence-corrected chi connectivity index (χ3v) is 2.94. The minimum Gasteiger partial charge on any atom is -0.507 e. The van der Waals surface area contributed by atoms with E-state index >= 15 is 0 Å². The number of aromatic hydroxyl groups is 1. The van der Waals surface area contributed by atoms with Gasteiger partial charge in [-0.3, -0.25) is 0 Å². The van der Waals surface area contributed by atoms with E-state index in [9.17, 15) is 5.11 Å². The number of aromatic nitrogens is 2. The number of benzene rings is 2. The van der Waals surface area contributed by atoms with Gasteiger partial charge in [-0.1, -0.05) is 24.3 Å². The molecule has 3 aromatic rings. The maximum Gasteiger partial charge on any atom is 0.125 e. The van der Waals surface area contributed by atoms with Crippen LogP contribution in [0.15, 0.2) is 36.7 Å². The summed E-state index contributed by atoms with van der Waals surface area (Å²) >= 11 is 0. The average molecular weight is 212 g/mol. The van der Waals surface area contributed by atoms with Crippen LogP contribution in [0.2, 0.25) is 0 Å². The van der Waals surface area contributed by atoms with Crippen molar-refractivity contribution in [1.29, 1.82) is 0 Å². The van der Waals surface area contributed by atoms with Gasteiger partial charge in [-0.25, -0.2) is 4.98 Å². The molecule has 0 radical (unpaired) electrons. The molecule has 1 heterocycles. The molecule has 0 aliphatic heterocycles. The van der Waals surface area contributed by atoms with Crippen LogP contribution in [0, 0.1) is 0 Å². The first-order chi connectivity index (χ1) is 7.81. The SMILES string of the molecule is CCn1cnc2cc(O)c3ccccc3c21. The topological polar surface area (TPSA) is 38.0 Å². The van der Waals surface area contributed by atoms with E-state index in [0.29, 0.717) is 5.75 Å². The molecular weight excluding hydrogens is 200 g/mol. The molecule has 0 amide bonds. The summed E-state index contributed by atoms with van der Waals surface area (Å²) in [6.45, 7) is 2.97. The number of rotatable bonds is 1. The molecule has 0 aliphatic carbocycles. The second kappa shape index (κ2) is 3.23. The Labute approximate surface area is 93.0 Å². The molecule has 0 spiro atoms. The van der Waals surface area contributed by atoms with Crippen LogP contribution in [0.5, 0.6) is 5.75 Å². The molecule has 0 unspecified atom stereocenters. The first kappa shape index (κ1) is 9.21. The molecule has 1 aromatic heterocycles. The molecule has 1 N–H and O–H groups in total. The summed E-state index contributed by atoms with van der Waals surface area (Å²) in [5, 5.41) is 11.8. The van der Waals surface area contributed by atoms with Crippen molar-refractivity contribution < 1.29 is 5.11 Å². The summed E-state index contributed by atoms with van der Waals surface area (Å²) in [5.74, 6) is 0.296. The normalized spacial score (nSPS) is 11.3. The Bertz CT molecular complexity index is 670. The molecule has 3 rings (SSSR count). The van der Waals surface area contributed by atoms with Gasteiger partial charge in [0.05, 0.1) is 17.4 Å². The first-order valence-electron chi connectivity index (χ1n) is 5.37. The number of aryl methyl sites for hydroxylation is 1. The molecule has 0 bridgehead atoms. The number of phenolic OH excluding ortho intramolecular Hbond substituents is 1. The van der Waals surface area contributed by atoms with Gasteiger partial charge in [0.15, 0.2) is 0 Å². The lowest BCUT2D eigenvalue weighted by Gasteiger charge is -2.05. The summed E-state index contributed by atoms with van der Waals surface area (Å²) < 4.78 is 2.09. The molecule has 0 saturated carbocycles. The lowest BCUT2D eigenvalue weighted by molar-refractivity contribution is 0.482. The van der Waals surface area contributed by atoms with Crippen molar-refractivity contribution in [3.05, 3.63) is 36.7 Å². The lowest BCUT2D eigenvalue weighted by atomic mass is 10.1. The van der Waals surface area contributed by atoms with Gasteiger partial charge >= 0.3 is 0 Å². The molecule has 16 heavy (non-hydrogen) atoms. The minimum absolute atomic E-state index is 0.296. The molecule has 0 aliphatic rings. The van der Waals surface area contributed by atoms with Crippen LogP contribution in [0.4, 0.5) is 0 Å². The van der Waals surface area contributed by atoms with E-state index in [4.69, 9.17) is 0 Å². The fraction of sp³-hybridized carbons (Fsp3) is 0.154. The fourth-order valence-corrected chi connectivity index (χ4v) is 2.16. The molecule has 0 atom stereocenters. The van der Waals surface area contributed by atoms with Crippen LogP contribution in [0.25, 0.3) is 21.8 Å². The first-order valence-corrected chi connectivity index (χ1v) is 5.37. The Morgan fingerprint density at radius 2 is 2.00 bits per heavy atom. The van der Waals surface area contributed by atoms with Crippen molar-refractivity contribution in [3.63, 3.8) is 0 Å². The second-order valence-corrected chi connectivity index (χ2v) is 3.84. The van der Waals surface area contributed by atoms with E-state index in [1.165, 1.54) is 0 Å². The van der Waals surface area contributed by atoms with Crippen LogP contribution in [0.3, 0.4) is 0 Å². The highest BCUT2D eigenvalue weighted by atomic mass is 16.3. The third-order valence-electron chi connectivity index (χ3n) is 2.94. The highest BCUT2D eigenvalue weighted by molar-refractivity contribution is 6.07. The standard InChI is InChI=1S/C13H12N2O/c1-2-15-8-14-11-7-12(16)9-5-3-4-6-10(9)13(11)15/h3-8,16H,2H2,1H3. The Morgan fingerprint density at radius 3 is 2.75 bits per heavy atom. The monoisotopic (exact) mass is 212 g/mol. The summed E-state index contributed by atoms with van der Waals surface area (Å²) in [6.07, 6.45) is 1.82. The smallest absolute Gasteiger partial charge is 0.125 e. The van der Waals surface area contributed by atoms with Crippen molar-refractivity contribution in [3.8, 4) is 5.75 Å². The van der Waals surface area contributed by atoms with Gasteiger partial charge in [0.25, 0.3) is 0 Å². The molecular formula is C13H12N2O. The number of phenols is 1. The molecule has 3 heteroatoms. The highest BCUT2D eigenvalue weighted by Crippen LogP contribution is 2.31. The van der Waals surface area contributed by atoms with Crippen LogP contribution >= 0.6 is 0 Å². The van der Waals surface area contributed by atoms with Gasteiger partial charge in [0.2, 0.25) is 0 Å². The molecule has 2 aromatic carbocycles. The van der Waals surface area contributed by atoms with Gasteiger partial charge in [-0.2, -0.15) is 0 Å². The quantitative estimate of drug-likeness (QED) is 0.673. The van der Waals surface area contributed by atoms with Gasteiger partial charge in [0, 0.05) is 23.4 Å². The zero-order valence-corrected chi connectivity index (χ0v) is 9.01. The Kier molecular flexibility index (Phi) is 1.86. The van der Waals surface area contributed by atoms with Crippen molar-refractivity contribution in [2.75, 3.05) is 0 Å². The number of nitrogens with zero attached hydrogens (tertiary/aromatic N) is 2. The Hall–Kier alpha value is -2.03. The number of imidazole rings is 1. The van der Waals surface area contributed by atoms with Crippen molar-refractivity contribution in [2.45, 2.75) is 13.5 Å². The van der Waals surface area contributed by atoms with Crippen LogP contribution in [0.1, 0.15) is 6.92 Å². The summed E-state index contributed by atoms with van der Waals surface area (Å²) in [4.78, 5) is 4.30. The fourth-order valence-electron chi connectivity index (χ4n) is 2.16. The van der Waals surface area contributed by atoms with E-state index in [2.05, 4.69) is 16.5 Å². The van der Waals surface area contributed by atoms with Gasteiger partial charge in [0.1, 0.15) is 5.75 Å². The Balaban J connectivity index is 2.59. The summed E-state index contributed by atoms with van der Waals surface area (Å²) in [6, 6.07) is 9.58. The minimum atomic E-state index is 0.296. The number of fused-ring (bicyclic) bond motifs is 3. The zero-order valence-electron chi connectivity index (χ0n) is 9.01. The lowest BCUT2D eigenvalue weighted by Crippen LogP contribution is -1.91. The van der Waals surface area contributed by atoms with E-state index in [0.717, 1.165) is 28.4 Å². The van der Waals surface area contributed by atoms with Crippen molar-refractivity contribution in [2.24, 2.45) is 0 Å². The highest BCUT2D eigenvalue weighted by Gasteiger charge is 2.09. The predicted octanol–water partition coefficient (Wildman–Crippen LogP) is 2.92. The number of hydrogen-bond donors (Lipinski definition) is 1. The molecule has 3 nitrogen and oxygen atoms in total. The largest absolute Gasteiger partial charge is 0.507 e.